The summed E-state index contributed by atoms with van der Waals surface area (Å²) in [5, 5.41) is 5.65. The van der Waals surface area contributed by atoms with Crippen LogP contribution < -0.4 is 16.4 Å². The molecule has 0 saturated carbocycles. The monoisotopic (exact) mass is 290 g/mol. The molecule has 1 fully saturated rings. The average molecular weight is 290 g/mol. The summed E-state index contributed by atoms with van der Waals surface area (Å²) in [6.45, 7) is 5.55. The molecule has 0 aromatic heterocycles. The topological polar surface area (TPSA) is 87.5 Å². The fourth-order valence-corrected chi connectivity index (χ4v) is 2.32. The van der Waals surface area contributed by atoms with Gasteiger partial charge in [0.25, 0.3) is 0 Å². The normalized spacial score (nSPS) is 18.1. The van der Waals surface area contributed by atoms with Gasteiger partial charge < -0.3 is 16.4 Å². The standard InChI is InChI=1S/C15H22N4O2/c1-15(2)14(21)17-7-8-19(15)10-13(20)18-12-5-3-11(9-16)4-6-12/h3-6H,7-10,16H2,1-2H3,(H,17,21)(H,18,20). The number of amides is 2. The van der Waals surface area contributed by atoms with Crippen LogP contribution in [0.2, 0.25) is 0 Å². The van der Waals surface area contributed by atoms with Gasteiger partial charge in [-0.05, 0) is 31.5 Å². The van der Waals surface area contributed by atoms with E-state index in [2.05, 4.69) is 10.6 Å². The van der Waals surface area contributed by atoms with Crippen molar-refractivity contribution in [2.75, 3.05) is 25.0 Å². The molecular formula is C15H22N4O2. The zero-order valence-electron chi connectivity index (χ0n) is 12.5. The zero-order valence-corrected chi connectivity index (χ0v) is 12.5. The predicted molar refractivity (Wildman–Crippen MR) is 81.6 cm³/mol. The Hall–Kier alpha value is -1.92. The molecule has 0 atom stereocenters. The third-order valence-corrected chi connectivity index (χ3v) is 3.82. The molecule has 0 aliphatic carbocycles. The minimum Gasteiger partial charge on any atom is -0.353 e. The van der Waals surface area contributed by atoms with Gasteiger partial charge in [0, 0.05) is 25.3 Å². The van der Waals surface area contributed by atoms with Crippen LogP contribution in [-0.4, -0.2) is 41.9 Å². The smallest absolute Gasteiger partial charge is 0.240 e. The van der Waals surface area contributed by atoms with Gasteiger partial charge in [-0.25, -0.2) is 0 Å². The lowest BCUT2D eigenvalue weighted by molar-refractivity contribution is -0.136. The number of nitrogens with one attached hydrogen (secondary N) is 2. The summed E-state index contributed by atoms with van der Waals surface area (Å²) in [7, 11) is 0. The van der Waals surface area contributed by atoms with E-state index < -0.39 is 5.54 Å². The Morgan fingerprint density at radius 2 is 2.05 bits per heavy atom. The second-order valence-corrected chi connectivity index (χ2v) is 5.69. The van der Waals surface area contributed by atoms with Gasteiger partial charge in [-0.3, -0.25) is 14.5 Å². The number of rotatable bonds is 4. The molecular weight excluding hydrogens is 268 g/mol. The number of carbonyl (C=O) groups is 2. The summed E-state index contributed by atoms with van der Waals surface area (Å²) in [6, 6.07) is 7.42. The number of carbonyl (C=O) groups excluding carboxylic acids is 2. The Labute approximate surface area is 124 Å². The molecule has 0 spiro atoms. The molecule has 1 heterocycles. The quantitative estimate of drug-likeness (QED) is 0.744. The van der Waals surface area contributed by atoms with Gasteiger partial charge in [-0.2, -0.15) is 0 Å². The second-order valence-electron chi connectivity index (χ2n) is 5.69. The highest BCUT2D eigenvalue weighted by Gasteiger charge is 2.38. The third kappa shape index (κ3) is 3.59. The summed E-state index contributed by atoms with van der Waals surface area (Å²) >= 11 is 0. The van der Waals surface area contributed by atoms with Crippen molar-refractivity contribution in [3.05, 3.63) is 29.8 Å². The van der Waals surface area contributed by atoms with Crippen LogP contribution in [-0.2, 0) is 16.1 Å². The van der Waals surface area contributed by atoms with Crippen molar-refractivity contribution in [3.8, 4) is 0 Å². The van der Waals surface area contributed by atoms with Crippen LogP contribution in [0.5, 0.6) is 0 Å². The van der Waals surface area contributed by atoms with E-state index in [0.29, 0.717) is 19.6 Å². The van der Waals surface area contributed by atoms with Crippen LogP contribution in [0.3, 0.4) is 0 Å². The average Bonchev–Trinajstić information content (AvgIpc) is 2.45. The van der Waals surface area contributed by atoms with Gasteiger partial charge in [0.2, 0.25) is 11.8 Å². The maximum absolute atomic E-state index is 12.1. The SMILES string of the molecule is CC1(C)C(=O)NCCN1CC(=O)Nc1ccc(CN)cc1. The highest BCUT2D eigenvalue weighted by molar-refractivity contribution is 5.93. The van der Waals surface area contributed by atoms with Crippen LogP contribution in [0.1, 0.15) is 19.4 Å². The minimum atomic E-state index is -0.668. The Bertz CT molecular complexity index is 525. The maximum atomic E-state index is 12.1. The number of hydrogen-bond acceptors (Lipinski definition) is 4. The molecule has 0 unspecified atom stereocenters. The Morgan fingerprint density at radius 1 is 1.38 bits per heavy atom. The molecule has 6 nitrogen and oxygen atoms in total. The van der Waals surface area contributed by atoms with Crippen LogP contribution in [0.15, 0.2) is 24.3 Å². The molecule has 0 bridgehead atoms. The first-order valence-electron chi connectivity index (χ1n) is 7.05. The lowest BCUT2D eigenvalue weighted by Crippen LogP contribution is -2.62. The Balaban J connectivity index is 1.96. The minimum absolute atomic E-state index is 0.0474. The summed E-state index contributed by atoms with van der Waals surface area (Å²) in [5.41, 5.74) is 6.62. The van der Waals surface area contributed by atoms with E-state index in [1.807, 2.05) is 43.0 Å². The molecule has 4 N–H and O–H groups in total. The van der Waals surface area contributed by atoms with E-state index in [-0.39, 0.29) is 18.4 Å². The van der Waals surface area contributed by atoms with E-state index in [1.165, 1.54) is 0 Å². The van der Waals surface area contributed by atoms with Crippen molar-refractivity contribution in [1.82, 2.24) is 10.2 Å². The summed E-state index contributed by atoms with van der Waals surface area (Å²) in [4.78, 5) is 25.8. The van der Waals surface area contributed by atoms with E-state index >= 15 is 0 Å². The zero-order chi connectivity index (χ0) is 15.5. The van der Waals surface area contributed by atoms with Crippen molar-refractivity contribution in [2.45, 2.75) is 25.9 Å². The van der Waals surface area contributed by atoms with Crippen molar-refractivity contribution >= 4 is 17.5 Å². The van der Waals surface area contributed by atoms with Crippen molar-refractivity contribution in [3.63, 3.8) is 0 Å². The first-order chi connectivity index (χ1) is 9.93. The summed E-state index contributed by atoms with van der Waals surface area (Å²) in [5.74, 6) is -0.174. The number of anilines is 1. The first kappa shape index (κ1) is 15.5. The van der Waals surface area contributed by atoms with Crippen LogP contribution in [0, 0.1) is 0 Å². The number of hydrogen-bond donors (Lipinski definition) is 3. The second kappa shape index (κ2) is 6.24. The number of piperazine rings is 1. The molecule has 1 aromatic carbocycles. The van der Waals surface area contributed by atoms with Crippen molar-refractivity contribution < 1.29 is 9.59 Å². The van der Waals surface area contributed by atoms with E-state index in [0.717, 1.165) is 11.3 Å². The molecule has 6 heteroatoms. The van der Waals surface area contributed by atoms with E-state index in [4.69, 9.17) is 5.73 Å². The predicted octanol–water partition coefficient (Wildman–Crippen LogP) is 0.294. The van der Waals surface area contributed by atoms with Gasteiger partial charge >= 0.3 is 0 Å². The van der Waals surface area contributed by atoms with Gasteiger partial charge in [0.1, 0.15) is 0 Å². The van der Waals surface area contributed by atoms with Gasteiger partial charge in [0.05, 0.1) is 12.1 Å². The number of benzene rings is 1. The van der Waals surface area contributed by atoms with Gasteiger partial charge in [0.15, 0.2) is 0 Å². The summed E-state index contributed by atoms with van der Waals surface area (Å²) in [6.07, 6.45) is 0. The Morgan fingerprint density at radius 3 is 2.67 bits per heavy atom. The molecule has 0 radical (unpaired) electrons. The van der Waals surface area contributed by atoms with Gasteiger partial charge in [-0.15, -0.1) is 0 Å². The Kier molecular flexibility index (Phi) is 4.59. The lowest BCUT2D eigenvalue weighted by Gasteiger charge is -2.40. The van der Waals surface area contributed by atoms with E-state index in [1.54, 1.807) is 0 Å². The fraction of sp³-hybridized carbons (Fsp3) is 0.467. The fourth-order valence-electron chi connectivity index (χ4n) is 2.32. The first-order valence-corrected chi connectivity index (χ1v) is 7.05. The molecule has 2 rings (SSSR count). The van der Waals surface area contributed by atoms with E-state index in [9.17, 15) is 9.59 Å². The van der Waals surface area contributed by atoms with Crippen LogP contribution in [0.25, 0.3) is 0 Å². The third-order valence-electron chi connectivity index (χ3n) is 3.82. The molecule has 1 aliphatic heterocycles. The molecule has 1 aliphatic rings. The highest BCUT2D eigenvalue weighted by Crippen LogP contribution is 2.17. The van der Waals surface area contributed by atoms with Crippen LogP contribution >= 0.6 is 0 Å². The van der Waals surface area contributed by atoms with Gasteiger partial charge in [-0.1, -0.05) is 12.1 Å². The molecule has 2 amide bonds. The summed E-state index contributed by atoms with van der Waals surface area (Å²) < 4.78 is 0. The molecule has 114 valence electrons. The molecule has 1 aromatic rings. The molecule has 21 heavy (non-hydrogen) atoms. The molecule has 1 saturated heterocycles. The number of nitrogens with zero attached hydrogens (tertiary/aromatic N) is 1. The van der Waals surface area contributed by atoms with Crippen molar-refractivity contribution in [2.24, 2.45) is 5.73 Å². The van der Waals surface area contributed by atoms with Crippen molar-refractivity contribution in [1.29, 1.82) is 0 Å². The van der Waals surface area contributed by atoms with Crippen LogP contribution in [0.4, 0.5) is 5.69 Å². The highest BCUT2D eigenvalue weighted by atomic mass is 16.2. The maximum Gasteiger partial charge on any atom is 0.240 e. The number of nitrogens with two attached hydrogens (primary N) is 1. The largest absolute Gasteiger partial charge is 0.353 e. The lowest BCUT2D eigenvalue weighted by atomic mass is 9.99.